The lowest BCUT2D eigenvalue weighted by Gasteiger charge is -2.24. The van der Waals surface area contributed by atoms with Gasteiger partial charge >= 0.3 is 5.97 Å². The number of rotatable bonds is 5. The summed E-state index contributed by atoms with van der Waals surface area (Å²) in [6.07, 6.45) is 1.43. The molecule has 0 spiro atoms. The van der Waals surface area contributed by atoms with E-state index >= 15 is 0 Å². The fraction of sp³-hybridized carbons (Fsp3) is 0.300. The average molecular weight is 338 g/mol. The zero-order valence-corrected chi connectivity index (χ0v) is 14.5. The molecule has 1 unspecified atom stereocenters. The molecule has 5 heteroatoms. The van der Waals surface area contributed by atoms with Gasteiger partial charge < -0.3 is 15.0 Å². The van der Waals surface area contributed by atoms with Crippen LogP contribution in [0.1, 0.15) is 29.3 Å². The van der Waals surface area contributed by atoms with E-state index in [1.54, 1.807) is 24.3 Å². The number of methoxy groups -OCH3 is 1. The zero-order chi connectivity index (χ0) is 17.8. The van der Waals surface area contributed by atoms with E-state index in [1.807, 2.05) is 6.07 Å². The van der Waals surface area contributed by atoms with Crippen LogP contribution in [0, 0.1) is 0 Å². The number of hydrogen-bond donors (Lipinski definition) is 1. The Bertz CT molecular complexity index is 771. The van der Waals surface area contributed by atoms with Gasteiger partial charge in [0, 0.05) is 30.4 Å². The SMILES string of the molecule is COC(=O)c1ccc(NC(=O)CCN2c3ccccc3CC2C)cc1. The normalized spacial score (nSPS) is 15.6. The van der Waals surface area contributed by atoms with E-state index in [1.165, 1.54) is 18.4 Å². The van der Waals surface area contributed by atoms with Crippen molar-refractivity contribution >= 4 is 23.3 Å². The highest BCUT2D eigenvalue weighted by atomic mass is 16.5. The Morgan fingerprint density at radius 2 is 1.88 bits per heavy atom. The van der Waals surface area contributed by atoms with Crippen LogP contribution in [-0.4, -0.2) is 31.6 Å². The molecule has 0 saturated carbocycles. The van der Waals surface area contributed by atoms with Gasteiger partial charge in [-0.15, -0.1) is 0 Å². The molecule has 0 fully saturated rings. The van der Waals surface area contributed by atoms with Gasteiger partial charge in [0.25, 0.3) is 0 Å². The molecule has 2 aromatic rings. The Kier molecular flexibility index (Phi) is 5.03. The number of benzene rings is 2. The number of nitrogens with one attached hydrogen (secondary N) is 1. The fourth-order valence-electron chi connectivity index (χ4n) is 3.22. The van der Waals surface area contributed by atoms with Crippen LogP contribution in [0.3, 0.4) is 0 Å². The van der Waals surface area contributed by atoms with Gasteiger partial charge in [-0.1, -0.05) is 18.2 Å². The van der Waals surface area contributed by atoms with Gasteiger partial charge in [0.2, 0.25) is 5.91 Å². The lowest BCUT2D eigenvalue weighted by atomic mass is 10.1. The molecule has 0 bridgehead atoms. The highest BCUT2D eigenvalue weighted by Gasteiger charge is 2.25. The number of para-hydroxylation sites is 1. The molecule has 0 aliphatic carbocycles. The third-order valence-electron chi connectivity index (χ3n) is 4.52. The van der Waals surface area contributed by atoms with Crippen LogP contribution in [-0.2, 0) is 16.0 Å². The summed E-state index contributed by atoms with van der Waals surface area (Å²) in [6, 6.07) is 15.4. The first-order valence-electron chi connectivity index (χ1n) is 8.41. The van der Waals surface area contributed by atoms with Crippen molar-refractivity contribution in [1.29, 1.82) is 0 Å². The van der Waals surface area contributed by atoms with Gasteiger partial charge in [-0.3, -0.25) is 4.79 Å². The Morgan fingerprint density at radius 1 is 1.16 bits per heavy atom. The molecule has 1 heterocycles. The molecule has 0 aromatic heterocycles. The summed E-state index contributed by atoms with van der Waals surface area (Å²) in [5.41, 5.74) is 3.70. The maximum absolute atomic E-state index is 12.2. The van der Waals surface area contributed by atoms with Crippen LogP contribution in [0.15, 0.2) is 48.5 Å². The highest BCUT2D eigenvalue weighted by Crippen LogP contribution is 2.31. The third kappa shape index (κ3) is 3.82. The summed E-state index contributed by atoms with van der Waals surface area (Å²) >= 11 is 0. The van der Waals surface area contributed by atoms with Gasteiger partial charge in [0.1, 0.15) is 0 Å². The van der Waals surface area contributed by atoms with Crippen LogP contribution in [0.25, 0.3) is 0 Å². The quantitative estimate of drug-likeness (QED) is 0.850. The second kappa shape index (κ2) is 7.38. The Balaban J connectivity index is 1.56. The van der Waals surface area contributed by atoms with E-state index in [2.05, 4.69) is 40.1 Å². The molecule has 0 saturated heterocycles. The number of carbonyl (C=O) groups excluding carboxylic acids is 2. The monoisotopic (exact) mass is 338 g/mol. The number of esters is 1. The minimum atomic E-state index is -0.389. The number of ether oxygens (including phenoxy) is 1. The first kappa shape index (κ1) is 17.0. The van der Waals surface area contributed by atoms with Gasteiger partial charge in [-0.25, -0.2) is 4.79 Å². The van der Waals surface area contributed by atoms with Gasteiger partial charge in [0.05, 0.1) is 12.7 Å². The molecule has 1 aliphatic heterocycles. The van der Waals surface area contributed by atoms with E-state index in [-0.39, 0.29) is 11.9 Å². The topological polar surface area (TPSA) is 58.6 Å². The number of carbonyl (C=O) groups is 2. The summed E-state index contributed by atoms with van der Waals surface area (Å²) in [4.78, 5) is 25.9. The summed E-state index contributed by atoms with van der Waals surface area (Å²) in [7, 11) is 1.34. The first-order chi connectivity index (χ1) is 12.1. The maximum Gasteiger partial charge on any atom is 0.337 e. The predicted octanol–water partition coefficient (Wildman–Crippen LogP) is 3.25. The number of amides is 1. The van der Waals surface area contributed by atoms with Crippen molar-refractivity contribution in [3.63, 3.8) is 0 Å². The fourth-order valence-corrected chi connectivity index (χ4v) is 3.22. The smallest absolute Gasteiger partial charge is 0.337 e. The van der Waals surface area contributed by atoms with Crippen LogP contribution in [0.2, 0.25) is 0 Å². The Hall–Kier alpha value is -2.82. The van der Waals surface area contributed by atoms with Crippen molar-refractivity contribution in [1.82, 2.24) is 0 Å². The van der Waals surface area contributed by atoms with Crippen LogP contribution in [0.5, 0.6) is 0 Å². The largest absolute Gasteiger partial charge is 0.465 e. The van der Waals surface area contributed by atoms with Crippen molar-refractivity contribution < 1.29 is 14.3 Å². The molecular weight excluding hydrogens is 316 g/mol. The predicted molar refractivity (Wildman–Crippen MR) is 98.0 cm³/mol. The summed E-state index contributed by atoms with van der Waals surface area (Å²) in [5.74, 6) is -0.429. The van der Waals surface area contributed by atoms with Crippen molar-refractivity contribution in [3.05, 3.63) is 59.7 Å². The van der Waals surface area contributed by atoms with Crippen LogP contribution in [0.4, 0.5) is 11.4 Å². The maximum atomic E-state index is 12.2. The molecule has 0 radical (unpaired) electrons. The van der Waals surface area contributed by atoms with Gasteiger partial charge in [-0.05, 0) is 49.2 Å². The molecule has 1 amide bonds. The summed E-state index contributed by atoms with van der Waals surface area (Å²) in [5, 5.41) is 2.87. The Morgan fingerprint density at radius 3 is 2.60 bits per heavy atom. The molecule has 2 aromatic carbocycles. The second-order valence-electron chi connectivity index (χ2n) is 6.24. The average Bonchev–Trinajstić information content (AvgIpc) is 2.95. The van der Waals surface area contributed by atoms with E-state index in [4.69, 9.17) is 0 Å². The lowest BCUT2D eigenvalue weighted by molar-refractivity contribution is -0.116. The minimum Gasteiger partial charge on any atom is -0.465 e. The molecule has 3 rings (SSSR count). The van der Waals surface area contributed by atoms with Gasteiger partial charge in [-0.2, -0.15) is 0 Å². The molecule has 130 valence electrons. The lowest BCUT2D eigenvalue weighted by Crippen LogP contribution is -2.32. The zero-order valence-electron chi connectivity index (χ0n) is 14.5. The van der Waals surface area contributed by atoms with E-state index in [9.17, 15) is 9.59 Å². The standard InChI is InChI=1S/C20H22N2O3/c1-14-13-16-5-3-4-6-18(16)22(14)12-11-19(23)21-17-9-7-15(8-10-17)20(24)25-2/h3-10,14H,11-13H2,1-2H3,(H,21,23). The first-order valence-corrected chi connectivity index (χ1v) is 8.41. The molecule has 25 heavy (non-hydrogen) atoms. The van der Waals surface area contributed by atoms with Crippen LogP contribution >= 0.6 is 0 Å². The van der Waals surface area contributed by atoms with Gasteiger partial charge in [0.15, 0.2) is 0 Å². The van der Waals surface area contributed by atoms with Crippen molar-refractivity contribution in [2.45, 2.75) is 25.8 Å². The molecule has 1 atom stereocenters. The molecule has 1 aliphatic rings. The minimum absolute atomic E-state index is 0.0394. The van der Waals surface area contributed by atoms with E-state index < -0.39 is 0 Å². The van der Waals surface area contributed by atoms with Crippen molar-refractivity contribution in [2.24, 2.45) is 0 Å². The number of nitrogens with zero attached hydrogens (tertiary/aromatic N) is 1. The molecule has 5 nitrogen and oxygen atoms in total. The van der Waals surface area contributed by atoms with Crippen molar-refractivity contribution in [2.75, 3.05) is 23.9 Å². The number of fused-ring (bicyclic) bond motifs is 1. The highest BCUT2D eigenvalue weighted by molar-refractivity contribution is 5.93. The van der Waals surface area contributed by atoms with Crippen molar-refractivity contribution in [3.8, 4) is 0 Å². The van der Waals surface area contributed by atoms with E-state index in [0.717, 1.165) is 6.42 Å². The summed E-state index contributed by atoms with van der Waals surface area (Å²) in [6.45, 7) is 2.87. The number of hydrogen-bond acceptors (Lipinski definition) is 4. The Labute approximate surface area is 147 Å². The second-order valence-corrected chi connectivity index (χ2v) is 6.24. The van der Waals surface area contributed by atoms with Crippen LogP contribution < -0.4 is 10.2 Å². The number of anilines is 2. The summed E-state index contributed by atoms with van der Waals surface area (Å²) < 4.78 is 4.66. The third-order valence-corrected chi connectivity index (χ3v) is 4.52. The van der Waals surface area contributed by atoms with E-state index in [0.29, 0.717) is 30.3 Å². The molecular formula is C20H22N2O3. The molecule has 1 N–H and O–H groups in total.